The van der Waals surface area contributed by atoms with Crippen molar-refractivity contribution in [2.75, 3.05) is 43.5 Å². The average Bonchev–Trinajstić information content (AvgIpc) is 2.72. The molecule has 2 aromatic rings. The van der Waals surface area contributed by atoms with Gasteiger partial charge in [0.25, 0.3) is 5.91 Å². The molecular weight excluding hydrogens is 377 g/mol. The second-order valence-electron chi connectivity index (χ2n) is 6.72. The number of ether oxygens (including phenoxy) is 2. The van der Waals surface area contributed by atoms with Gasteiger partial charge >= 0.3 is 0 Å². The SMILES string of the molecule is CC(Oc1ccc(F)cc1)C(=O)Nc1ccc(NC(=O)CN2CCOCC2)cc1. The number of benzene rings is 2. The minimum atomic E-state index is -0.756. The van der Waals surface area contributed by atoms with E-state index in [1.807, 2.05) is 4.90 Å². The molecule has 1 atom stereocenters. The molecule has 8 heteroatoms. The molecule has 1 fully saturated rings. The second kappa shape index (κ2) is 9.99. The maximum absolute atomic E-state index is 12.9. The predicted molar refractivity (Wildman–Crippen MR) is 107 cm³/mol. The van der Waals surface area contributed by atoms with Crippen molar-refractivity contribution in [2.24, 2.45) is 0 Å². The van der Waals surface area contributed by atoms with E-state index >= 15 is 0 Å². The smallest absolute Gasteiger partial charge is 0.265 e. The Balaban J connectivity index is 1.47. The highest BCUT2D eigenvalue weighted by molar-refractivity contribution is 5.95. The van der Waals surface area contributed by atoms with Crippen molar-refractivity contribution in [3.05, 3.63) is 54.3 Å². The Kier molecular flexibility index (Phi) is 7.15. The Bertz CT molecular complexity index is 821. The van der Waals surface area contributed by atoms with Crippen LogP contribution >= 0.6 is 0 Å². The van der Waals surface area contributed by atoms with Crippen molar-refractivity contribution in [1.82, 2.24) is 4.90 Å². The molecule has 0 aromatic heterocycles. The minimum Gasteiger partial charge on any atom is -0.481 e. The lowest BCUT2D eigenvalue weighted by molar-refractivity contribution is -0.122. The fourth-order valence-corrected chi connectivity index (χ4v) is 2.81. The highest BCUT2D eigenvalue weighted by Crippen LogP contribution is 2.16. The number of anilines is 2. The number of morpholine rings is 1. The number of hydrogen-bond donors (Lipinski definition) is 2. The summed E-state index contributed by atoms with van der Waals surface area (Å²) in [5.41, 5.74) is 1.23. The van der Waals surface area contributed by atoms with E-state index in [4.69, 9.17) is 9.47 Å². The lowest BCUT2D eigenvalue weighted by Crippen LogP contribution is -2.41. The molecule has 1 aliphatic heterocycles. The summed E-state index contributed by atoms with van der Waals surface area (Å²) >= 11 is 0. The van der Waals surface area contributed by atoms with Crippen LogP contribution in [0.4, 0.5) is 15.8 Å². The molecule has 0 spiro atoms. The summed E-state index contributed by atoms with van der Waals surface area (Å²) in [5.74, 6) is -0.387. The Labute approximate surface area is 168 Å². The first-order valence-corrected chi connectivity index (χ1v) is 9.43. The number of hydrogen-bond acceptors (Lipinski definition) is 5. The Hall–Kier alpha value is -2.97. The monoisotopic (exact) mass is 401 g/mol. The molecule has 7 nitrogen and oxygen atoms in total. The molecule has 1 saturated heterocycles. The zero-order valence-electron chi connectivity index (χ0n) is 16.2. The summed E-state index contributed by atoms with van der Waals surface area (Å²) in [6, 6.07) is 12.3. The molecule has 0 saturated carbocycles. The van der Waals surface area contributed by atoms with Gasteiger partial charge in [-0.2, -0.15) is 0 Å². The summed E-state index contributed by atoms with van der Waals surface area (Å²) < 4.78 is 23.7. The number of nitrogens with zero attached hydrogens (tertiary/aromatic N) is 1. The van der Waals surface area contributed by atoms with Gasteiger partial charge in [-0.05, 0) is 55.5 Å². The van der Waals surface area contributed by atoms with Crippen molar-refractivity contribution in [3.8, 4) is 5.75 Å². The van der Waals surface area contributed by atoms with Gasteiger partial charge in [-0.15, -0.1) is 0 Å². The van der Waals surface area contributed by atoms with Crippen LogP contribution in [0.1, 0.15) is 6.92 Å². The number of rotatable bonds is 7. The van der Waals surface area contributed by atoms with Crippen LogP contribution in [0.15, 0.2) is 48.5 Å². The summed E-state index contributed by atoms with van der Waals surface area (Å²) in [5, 5.41) is 5.59. The predicted octanol–water partition coefficient (Wildman–Crippen LogP) is 2.50. The van der Waals surface area contributed by atoms with Gasteiger partial charge in [-0.3, -0.25) is 14.5 Å². The normalized spacial score (nSPS) is 15.4. The fourth-order valence-electron chi connectivity index (χ4n) is 2.81. The van der Waals surface area contributed by atoms with Crippen LogP contribution in [0.5, 0.6) is 5.75 Å². The van der Waals surface area contributed by atoms with E-state index in [1.165, 1.54) is 24.3 Å². The zero-order valence-corrected chi connectivity index (χ0v) is 16.2. The van der Waals surface area contributed by atoms with Crippen LogP contribution in [-0.4, -0.2) is 55.7 Å². The number of amides is 2. The van der Waals surface area contributed by atoms with Crippen molar-refractivity contribution in [3.63, 3.8) is 0 Å². The lowest BCUT2D eigenvalue weighted by Gasteiger charge is -2.25. The fraction of sp³-hybridized carbons (Fsp3) is 0.333. The largest absolute Gasteiger partial charge is 0.481 e. The van der Waals surface area contributed by atoms with Gasteiger partial charge < -0.3 is 20.1 Å². The second-order valence-corrected chi connectivity index (χ2v) is 6.72. The molecule has 154 valence electrons. The molecule has 0 aliphatic carbocycles. The van der Waals surface area contributed by atoms with E-state index < -0.39 is 6.10 Å². The average molecular weight is 401 g/mol. The summed E-state index contributed by atoms with van der Waals surface area (Å²) in [7, 11) is 0. The first kappa shape index (κ1) is 20.8. The Morgan fingerprint density at radius 2 is 1.62 bits per heavy atom. The van der Waals surface area contributed by atoms with Gasteiger partial charge in [0.1, 0.15) is 11.6 Å². The van der Waals surface area contributed by atoms with E-state index in [0.717, 1.165) is 13.1 Å². The maximum Gasteiger partial charge on any atom is 0.265 e. The molecular formula is C21H24FN3O4. The van der Waals surface area contributed by atoms with Crippen LogP contribution in [0, 0.1) is 5.82 Å². The third-order valence-electron chi connectivity index (χ3n) is 4.40. The van der Waals surface area contributed by atoms with Crippen molar-refractivity contribution in [2.45, 2.75) is 13.0 Å². The van der Waals surface area contributed by atoms with Gasteiger partial charge in [0.05, 0.1) is 19.8 Å². The molecule has 2 aromatic carbocycles. The van der Waals surface area contributed by atoms with Crippen LogP contribution in [0.2, 0.25) is 0 Å². The molecule has 0 radical (unpaired) electrons. The van der Waals surface area contributed by atoms with Crippen LogP contribution in [0.25, 0.3) is 0 Å². The van der Waals surface area contributed by atoms with Crippen LogP contribution in [-0.2, 0) is 14.3 Å². The molecule has 3 rings (SSSR count). The Morgan fingerprint density at radius 1 is 1.03 bits per heavy atom. The summed E-state index contributed by atoms with van der Waals surface area (Å²) in [6.45, 7) is 4.71. The third kappa shape index (κ3) is 6.55. The molecule has 29 heavy (non-hydrogen) atoms. The summed E-state index contributed by atoms with van der Waals surface area (Å²) in [4.78, 5) is 26.4. The number of nitrogens with one attached hydrogen (secondary N) is 2. The summed E-state index contributed by atoms with van der Waals surface area (Å²) in [6.07, 6.45) is -0.756. The molecule has 0 bridgehead atoms. The maximum atomic E-state index is 12.9. The van der Waals surface area contributed by atoms with Gasteiger partial charge in [0.15, 0.2) is 6.10 Å². The molecule has 2 N–H and O–H groups in total. The minimum absolute atomic E-state index is 0.0926. The van der Waals surface area contributed by atoms with Crippen LogP contribution < -0.4 is 15.4 Å². The van der Waals surface area contributed by atoms with Crippen molar-refractivity contribution >= 4 is 23.2 Å². The third-order valence-corrected chi connectivity index (χ3v) is 4.40. The van der Waals surface area contributed by atoms with Crippen LogP contribution in [0.3, 0.4) is 0 Å². The molecule has 1 heterocycles. The lowest BCUT2D eigenvalue weighted by atomic mass is 10.2. The van der Waals surface area contributed by atoms with E-state index in [2.05, 4.69) is 10.6 Å². The molecule has 1 unspecified atom stereocenters. The van der Waals surface area contributed by atoms with E-state index in [-0.39, 0.29) is 17.6 Å². The van der Waals surface area contributed by atoms with Gasteiger partial charge in [-0.1, -0.05) is 0 Å². The standard InChI is InChI=1S/C21H24FN3O4/c1-15(29-19-8-2-16(22)3-9-19)21(27)24-18-6-4-17(5-7-18)23-20(26)14-25-10-12-28-13-11-25/h2-9,15H,10-14H2,1H3,(H,23,26)(H,24,27). The quantitative estimate of drug-likeness (QED) is 0.745. The highest BCUT2D eigenvalue weighted by atomic mass is 19.1. The molecule has 2 amide bonds. The zero-order chi connectivity index (χ0) is 20.6. The van der Waals surface area contributed by atoms with E-state index in [0.29, 0.717) is 36.9 Å². The van der Waals surface area contributed by atoms with E-state index in [9.17, 15) is 14.0 Å². The van der Waals surface area contributed by atoms with Crippen molar-refractivity contribution in [1.29, 1.82) is 0 Å². The number of carbonyl (C=O) groups excluding carboxylic acids is 2. The Morgan fingerprint density at radius 3 is 2.24 bits per heavy atom. The number of carbonyl (C=O) groups is 2. The van der Waals surface area contributed by atoms with Gasteiger partial charge in [0.2, 0.25) is 5.91 Å². The van der Waals surface area contributed by atoms with Gasteiger partial charge in [0, 0.05) is 24.5 Å². The highest BCUT2D eigenvalue weighted by Gasteiger charge is 2.16. The first-order valence-electron chi connectivity index (χ1n) is 9.43. The number of halogens is 1. The topological polar surface area (TPSA) is 79.9 Å². The first-order chi connectivity index (χ1) is 14.0. The molecule has 1 aliphatic rings. The van der Waals surface area contributed by atoms with E-state index in [1.54, 1.807) is 31.2 Å². The van der Waals surface area contributed by atoms with Crippen molar-refractivity contribution < 1.29 is 23.5 Å². The van der Waals surface area contributed by atoms with Gasteiger partial charge in [-0.25, -0.2) is 4.39 Å².